The predicted molar refractivity (Wildman–Crippen MR) is 66.7 cm³/mol. The molecule has 0 saturated carbocycles. The zero-order valence-electron chi connectivity index (χ0n) is 10.6. The molecule has 0 bridgehead atoms. The minimum absolute atomic E-state index is 0.119. The number of benzene rings is 1. The first-order chi connectivity index (χ1) is 8.36. The maximum atomic E-state index is 13.1. The second-order valence-electron chi connectivity index (χ2n) is 4.00. The van der Waals surface area contributed by atoms with E-state index in [9.17, 15) is 12.8 Å². The maximum Gasteiger partial charge on any atom is 0.244 e. The highest BCUT2D eigenvalue weighted by atomic mass is 32.2. The molecule has 0 atom stereocenters. The van der Waals surface area contributed by atoms with E-state index in [1.807, 2.05) is 19.0 Å². The second-order valence-corrected chi connectivity index (χ2v) is 5.73. The Morgan fingerprint density at radius 2 is 2.06 bits per heavy atom. The first kappa shape index (κ1) is 14.9. The number of rotatable bonds is 6. The highest BCUT2D eigenvalue weighted by Crippen LogP contribution is 2.23. The number of hydrogen-bond acceptors (Lipinski definition) is 4. The summed E-state index contributed by atoms with van der Waals surface area (Å²) in [6.45, 7) is 0.797. The van der Waals surface area contributed by atoms with Crippen molar-refractivity contribution < 1.29 is 17.5 Å². The third kappa shape index (κ3) is 3.94. The minimum atomic E-state index is -3.76. The van der Waals surface area contributed by atoms with Gasteiger partial charge in [0.1, 0.15) is 16.5 Å². The van der Waals surface area contributed by atoms with Crippen LogP contribution in [0.15, 0.2) is 23.1 Å². The fourth-order valence-electron chi connectivity index (χ4n) is 1.34. The van der Waals surface area contributed by atoms with Crippen molar-refractivity contribution in [1.82, 2.24) is 9.62 Å². The number of ether oxygens (including phenoxy) is 1. The molecular formula is C11H17FN2O3S. The van der Waals surface area contributed by atoms with E-state index in [-0.39, 0.29) is 17.2 Å². The molecule has 5 nitrogen and oxygen atoms in total. The van der Waals surface area contributed by atoms with Crippen molar-refractivity contribution in [2.75, 3.05) is 34.3 Å². The molecule has 0 amide bonds. The lowest BCUT2D eigenvalue weighted by Gasteiger charge is -2.13. The van der Waals surface area contributed by atoms with E-state index in [2.05, 4.69) is 4.72 Å². The van der Waals surface area contributed by atoms with Gasteiger partial charge in [-0.2, -0.15) is 0 Å². The molecule has 0 aliphatic carbocycles. The molecule has 7 heteroatoms. The van der Waals surface area contributed by atoms with Crippen LogP contribution in [0.1, 0.15) is 0 Å². The maximum absolute atomic E-state index is 13.1. The standard InChI is InChI=1S/C11H17FN2O3S/c1-14(2)7-6-13-18(15,16)11-8-9(12)4-5-10(11)17-3/h4-5,8,13H,6-7H2,1-3H3. The Hall–Kier alpha value is -1.18. The summed E-state index contributed by atoms with van der Waals surface area (Å²) in [6.07, 6.45) is 0. The van der Waals surface area contributed by atoms with Crippen LogP contribution in [0.2, 0.25) is 0 Å². The van der Waals surface area contributed by atoms with Crippen LogP contribution >= 0.6 is 0 Å². The fourth-order valence-corrected chi connectivity index (χ4v) is 2.54. The molecule has 0 unspecified atom stereocenters. The quantitative estimate of drug-likeness (QED) is 0.830. The van der Waals surface area contributed by atoms with Crippen molar-refractivity contribution in [3.05, 3.63) is 24.0 Å². The van der Waals surface area contributed by atoms with Gasteiger partial charge in [0, 0.05) is 13.1 Å². The summed E-state index contributed by atoms with van der Waals surface area (Å²) >= 11 is 0. The van der Waals surface area contributed by atoms with Gasteiger partial charge in [0.25, 0.3) is 0 Å². The Labute approximate surface area is 107 Å². The van der Waals surface area contributed by atoms with Gasteiger partial charge in [-0.05, 0) is 32.3 Å². The van der Waals surface area contributed by atoms with Crippen LogP contribution in [-0.4, -0.2) is 47.6 Å². The van der Waals surface area contributed by atoms with Gasteiger partial charge in [-0.25, -0.2) is 17.5 Å². The molecule has 0 aromatic heterocycles. The number of nitrogens with one attached hydrogen (secondary N) is 1. The van der Waals surface area contributed by atoms with E-state index in [0.29, 0.717) is 6.54 Å². The number of sulfonamides is 1. The highest BCUT2D eigenvalue weighted by Gasteiger charge is 2.19. The summed E-state index contributed by atoms with van der Waals surface area (Å²) in [5.74, 6) is -0.502. The summed E-state index contributed by atoms with van der Waals surface area (Å²) in [7, 11) is 1.24. The van der Waals surface area contributed by atoms with Crippen LogP contribution < -0.4 is 9.46 Å². The van der Waals surface area contributed by atoms with Crippen LogP contribution in [0, 0.1) is 5.82 Å². The lowest BCUT2D eigenvalue weighted by atomic mass is 10.3. The van der Waals surface area contributed by atoms with E-state index < -0.39 is 15.8 Å². The molecule has 1 aromatic carbocycles. The van der Waals surface area contributed by atoms with Crippen LogP contribution in [-0.2, 0) is 10.0 Å². The van der Waals surface area contributed by atoms with Gasteiger partial charge in [-0.1, -0.05) is 0 Å². The van der Waals surface area contributed by atoms with E-state index in [0.717, 1.165) is 12.1 Å². The van der Waals surface area contributed by atoms with Gasteiger partial charge in [-0.15, -0.1) is 0 Å². The average molecular weight is 276 g/mol. The molecule has 102 valence electrons. The number of methoxy groups -OCH3 is 1. The minimum Gasteiger partial charge on any atom is -0.495 e. The summed E-state index contributed by atoms with van der Waals surface area (Å²) < 4.78 is 44.4. The molecule has 1 aromatic rings. The highest BCUT2D eigenvalue weighted by molar-refractivity contribution is 7.89. The van der Waals surface area contributed by atoms with Crippen LogP contribution in [0.3, 0.4) is 0 Å². The Morgan fingerprint density at radius 1 is 1.39 bits per heavy atom. The zero-order chi connectivity index (χ0) is 13.8. The molecule has 0 saturated heterocycles. The molecule has 1 N–H and O–H groups in total. The summed E-state index contributed by atoms with van der Waals surface area (Å²) in [5.41, 5.74) is 0. The average Bonchev–Trinajstić information content (AvgIpc) is 2.28. The predicted octanol–water partition coefficient (Wildman–Crippen LogP) is 0.674. The monoisotopic (exact) mass is 276 g/mol. The molecule has 0 spiro atoms. The first-order valence-corrected chi connectivity index (χ1v) is 6.83. The van der Waals surface area contributed by atoms with Crippen molar-refractivity contribution in [1.29, 1.82) is 0 Å². The molecular weight excluding hydrogens is 259 g/mol. The number of halogens is 1. The Bertz CT molecular complexity index is 503. The smallest absolute Gasteiger partial charge is 0.244 e. The molecule has 18 heavy (non-hydrogen) atoms. The largest absolute Gasteiger partial charge is 0.495 e. The summed E-state index contributed by atoms with van der Waals surface area (Å²) in [6, 6.07) is 3.38. The Morgan fingerprint density at radius 3 is 2.61 bits per heavy atom. The Balaban J connectivity index is 2.93. The van der Waals surface area contributed by atoms with Gasteiger partial charge < -0.3 is 9.64 Å². The number of likely N-dealkylation sites (N-methyl/N-ethyl adjacent to an activating group) is 1. The molecule has 0 fully saturated rings. The lowest BCUT2D eigenvalue weighted by Crippen LogP contribution is -2.31. The van der Waals surface area contributed by atoms with E-state index in [4.69, 9.17) is 4.74 Å². The summed E-state index contributed by atoms with van der Waals surface area (Å²) in [4.78, 5) is 1.65. The third-order valence-corrected chi connectivity index (χ3v) is 3.75. The van der Waals surface area contributed by atoms with Crippen molar-refractivity contribution in [2.24, 2.45) is 0 Å². The van der Waals surface area contributed by atoms with Gasteiger partial charge in [0.2, 0.25) is 10.0 Å². The van der Waals surface area contributed by atoms with Gasteiger partial charge in [0.05, 0.1) is 7.11 Å². The molecule has 1 rings (SSSR count). The molecule has 0 heterocycles. The van der Waals surface area contributed by atoms with Crippen LogP contribution in [0.4, 0.5) is 4.39 Å². The van der Waals surface area contributed by atoms with E-state index >= 15 is 0 Å². The SMILES string of the molecule is COc1ccc(F)cc1S(=O)(=O)NCCN(C)C. The van der Waals surface area contributed by atoms with E-state index in [1.54, 1.807) is 0 Å². The number of hydrogen-bond donors (Lipinski definition) is 1. The normalized spacial score (nSPS) is 11.8. The lowest BCUT2D eigenvalue weighted by molar-refractivity contribution is 0.398. The topological polar surface area (TPSA) is 58.6 Å². The van der Waals surface area contributed by atoms with Gasteiger partial charge in [-0.3, -0.25) is 0 Å². The van der Waals surface area contributed by atoms with Gasteiger partial charge in [0.15, 0.2) is 0 Å². The fraction of sp³-hybridized carbons (Fsp3) is 0.455. The Kier molecular flexibility index (Phi) is 5.06. The second kappa shape index (κ2) is 6.12. The van der Waals surface area contributed by atoms with Crippen molar-refractivity contribution in [3.8, 4) is 5.75 Å². The first-order valence-electron chi connectivity index (χ1n) is 5.35. The molecule has 0 radical (unpaired) electrons. The van der Waals surface area contributed by atoms with Gasteiger partial charge >= 0.3 is 0 Å². The van der Waals surface area contributed by atoms with Crippen LogP contribution in [0.25, 0.3) is 0 Å². The van der Waals surface area contributed by atoms with E-state index in [1.165, 1.54) is 13.2 Å². The van der Waals surface area contributed by atoms with Crippen molar-refractivity contribution >= 4 is 10.0 Å². The third-order valence-electron chi connectivity index (χ3n) is 2.27. The number of nitrogens with zero attached hydrogens (tertiary/aromatic N) is 1. The molecule has 0 aliphatic heterocycles. The van der Waals surface area contributed by atoms with Crippen molar-refractivity contribution in [2.45, 2.75) is 4.90 Å². The molecule has 0 aliphatic rings. The summed E-state index contributed by atoms with van der Waals surface area (Å²) in [5, 5.41) is 0. The van der Waals surface area contributed by atoms with Crippen LogP contribution in [0.5, 0.6) is 5.75 Å². The van der Waals surface area contributed by atoms with Crippen molar-refractivity contribution in [3.63, 3.8) is 0 Å². The zero-order valence-corrected chi connectivity index (χ0v) is 11.4.